The van der Waals surface area contributed by atoms with Crippen LogP contribution in [0.2, 0.25) is 0 Å². The topological polar surface area (TPSA) is 6.48 Å². The normalized spacial score (nSPS) is 33.0. The molecule has 16 heavy (non-hydrogen) atoms. The van der Waals surface area contributed by atoms with Crippen molar-refractivity contribution in [2.75, 3.05) is 25.5 Å². The smallest absolute Gasteiger partial charge is 0.0912 e. The summed E-state index contributed by atoms with van der Waals surface area (Å²) < 4.78 is 1.16. The van der Waals surface area contributed by atoms with Crippen molar-refractivity contribution in [2.45, 2.75) is 24.9 Å². The van der Waals surface area contributed by atoms with E-state index in [-0.39, 0.29) is 5.41 Å². The zero-order valence-electron chi connectivity index (χ0n) is 9.92. The average Bonchev–Trinajstić information content (AvgIpc) is 2.65. The summed E-state index contributed by atoms with van der Waals surface area (Å²) in [4.78, 5) is 4.85. The zero-order valence-corrected chi connectivity index (χ0v) is 11.5. The Morgan fingerprint density at radius 3 is 2.94 bits per heavy atom. The lowest BCUT2D eigenvalue weighted by molar-refractivity contribution is 0.268. The summed E-state index contributed by atoms with van der Waals surface area (Å²) in [5, 5.41) is 0. The van der Waals surface area contributed by atoms with Crippen LogP contribution in [0.4, 0.5) is 5.69 Å². The molecular weight excluding hydrogens is 264 g/mol. The van der Waals surface area contributed by atoms with Gasteiger partial charge in [0.1, 0.15) is 0 Å². The van der Waals surface area contributed by atoms with Crippen LogP contribution in [0.5, 0.6) is 0 Å². The van der Waals surface area contributed by atoms with Crippen molar-refractivity contribution in [1.29, 1.82) is 0 Å². The predicted octanol–water partition coefficient (Wildman–Crippen LogP) is 2.62. The van der Waals surface area contributed by atoms with Crippen LogP contribution >= 0.6 is 15.9 Å². The van der Waals surface area contributed by atoms with Crippen LogP contribution in [-0.4, -0.2) is 31.7 Å². The number of halogens is 1. The lowest BCUT2D eigenvalue weighted by Crippen LogP contribution is -2.45. The molecule has 1 fully saturated rings. The number of likely N-dealkylation sites (tertiary alicyclic amines) is 1. The van der Waals surface area contributed by atoms with Gasteiger partial charge in [0.2, 0.25) is 0 Å². The summed E-state index contributed by atoms with van der Waals surface area (Å²) in [5.74, 6) is 0. The largest absolute Gasteiger partial charge is 0.357 e. The number of benzene rings is 1. The van der Waals surface area contributed by atoms with Gasteiger partial charge in [-0.1, -0.05) is 6.92 Å². The second-order valence-electron chi connectivity index (χ2n) is 5.20. The first-order valence-corrected chi connectivity index (χ1v) is 6.48. The molecule has 2 nitrogen and oxygen atoms in total. The molecule has 1 saturated heterocycles. The van der Waals surface area contributed by atoms with Gasteiger partial charge in [0, 0.05) is 23.5 Å². The first-order chi connectivity index (χ1) is 7.55. The van der Waals surface area contributed by atoms with Gasteiger partial charge in [-0.05, 0) is 53.2 Å². The molecule has 1 aromatic rings. The molecule has 0 amide bonds. The minimum absolute atomic E-state index is 0.263. The van der Waals surface area contributed by atoms with Crippen LogP contribution < -0.4 is 4.90 Å². The molecule has 0 spiro atoms. The molecule has 0 saturated carbocycles. The van der Waals surface area contributed by atoms with Gasteiger partial charge >= 0.3 is 0 Å². The van der Waals surface area contributed by atoms with E-state index in [1.165, 1.54) is 24.2 Å². The van der Waals surface area contributed by atoms with Gasteiger partial charge in [0.25, 0.3) is 0 Å². The number of nitrogens with zero attached hydrogens (tertiary/aromatic N) is 2. The molecule has 2 aliphatic heterocycles. The predicted molar refractivity (Wildman–Crippen MR) is 69.8 cm³/mol. The molecule has 1 aromatic carbocycles. The average molecular weight is 280 g/mol. The van der Waals surface area contributed by atoms with Crippen LogP contribution in [-0.2, 0) is 5.41 Å². The van der Waals surface area contributed by atoms with E-state index in [0.717, 1.165) is 4.47 Å². The summed E-state index contributed by atoms with van der Waals surface area (Å²) >= 11 is 3.65. The van der Waals surface area contributed by atoms with Gasteiger partial charge in [-0.25, -0.2) is 0 Å². The lowest BCUT2D eigenvalue weighted by atomic mass is 9.81. The van der Waals surface area contributed by atoms with Gasteiger partial charge in [-0.2, -0.15) is 0 Å². The van der Waals surface area contributed by atoms with Crippen molar-refractivity contribution >= 4 is 21.6 Å². The van der Waals surface area contributed by atoms with Gasteiger partial charge in [0.15, 0.2) is 0 Å². The number of anilines is 1. The number of hydrogen-bond acceptors (Lipinski definition) is 2. The Balaban J connectivity index is 2.23. The van der Waals surface area contributed by atoms with E-state index in [1.54, 1.807) is 0 Å². The number of likely N-dealkylation sites (N-methyl/N-ethyl adjacent to an activating group) is 2. The molecule has 3 rings (SSSR count). The van der Waals surface area contributed by atoms with Crippen LogP contribution in [0, 0.1) is 6.07 Å². The Labute approximate surface area is 105 Å². The monoisotopic (exact) mass is 279 g/mol. The minimum Gasteiger partial charge on any atom is -0.357 e. The molecule has 2 heterocycles. The Hall–Kier alpha value is -0.540. The highest BCUT2D eigenvalue weighted by atomic mass is 79.9. The van der Waals surface area contributed by atoms with Crippen molar-refractivity contribution < 1.29 is 0 Å². The van der Waals surface area contributed by atoms with Gasteiger partial charge in [-0.3, -0.25) is 4.90 Å². The highest BCUT2D eigenvalue weighted by Crippen LogP contribution is 2.52. The maximum atomic E-state index is 3.65. The standard InChI is InChI=1S/C13H16BrN2/c1-13-7-8-15(2)12(13)16(3)11-9(13)5-4-6-10(11)14/h5-6,12H,7-8H2,1-3H3/t12-,13+/m1/s1. The molecule has 1 radical (unpaired) electrons. The molecule has 0 aromatic heterocycles. The lowest BCUT2D eigenvalue weighted by Gasteiger charge is -2.32. The fraction of sp³-hybridized carbons (Fsp3) is 0.538. The van der Waals surface area contributed by atoms with Crippen molar-refractivity contribution in [1.82, 2.24) is 4.90 Å². The molecule has 3 heteroatoms. The maximum absolute atomic E-state index is 3.65. The number of rotatable bonds is 0. The maximum Gasteiger partial charge on any atom is 0.0912 e. The molecule has 2 aliphatic rings. The third-order valence-corrected chi connectivity index (χ3v) is 4.83. The highest BCUT2D eigenvalue weighted by Gasteiger charge is 2.52. The van der Waals surface area contributed by atoms with E-state index in [9.17, 15) is 0 Å². The summed E-state index contributed by atoms with van der Waals surface area (Å²) in [6.07, 6.45) is 1.73. The summed E-state index contributed by atoms with van der Waals surface area (Å²) in [7, 11) is 4.41. The van der Waals surface area contributed by atoms with Crippen LogP contribution in [0.25, 0.3) is 0 Å². The molecule has 85 valence electrons. The van der Waals surface area contributed by atoms with Gasteiger partial charge in [0.05, 0.1) is 11.9 Å². The van der Waals surface area contributed by atoms with E-state index in [0.29, 0.717) is 6.17 Å². The Morgan fingerprint density at radius 1 is 1.44 bits per heavy atom. The van der Waals surface area contributed by atoms with Gasteiger partial charge < -0.3 is 4.90 Å². The second-order valence-corrected chi connectivity index (χ2v) is 6.05. The molecule has 2 atom stereocenters. The zero-order chi connectivity index (χ0) is 11.5. The minimum atomic E-state index is 0.263. The number of fused-ring (bicyclic) bond motifs is 3. The van der Waals surface area contributed by atoms with E-state index >= 15 is 0 Å². The highest BCUT2D eigenvalue weighted by molar-refractivity contribution is 9.10. The fourth-order valence-corrected chi connectivity index (χ4v) is 4.15. The quantitative estimate of drug-likeness (QED) is 0.721. The molecule has 0 aliphatic carbocycles. The van der Waals surface area contributed by atoms with Crippen molar-refractivity contribution in [3.8, 4) is 0 Å². The van der Waals surface area contributed by atoms with Crippen molar-refractivity contribution in [2.24, 2.45) is 0 Å². The third kappa shape index (κ3) is 1.11. The number of hydrogen-bond donors (Lipinski definition) is 0. The fourth-order valence-electron chi connectivity index (χ4n) is 3.52. The first-order valence-electron chi connectivity index (χ1n) is 5.69. The van der Waals surface area contributed by atoms with Crippen molar-refractivity contribution in [3.63, 3.8) is 0 Å². The van der Waals surface area contributed by atoms with Crippen LogP contribution in [0.3, 0.4) is 0 Å². The van der Waals surface area contributed by atoms with E-state index in [2.05, 4.69) is 58.9 Å². The SMILES string of the molecule is CN1CC[C@@]2(C)c3c[c]cc(Br)c3N(C)[C@@H]12. The molecule has 0 N–H and O–H groups in total. The summed E-state index contributed by atoms with van der Waals surface area (Å²) in [6, 6.07) is 7.42. The van der Waals surface area contributed by atoms with E-state index in [4.69, 9.17) is 0 Å². The van der Waals surface area contributed by atoms with Crippen LogP contribution in [0.15, 0.2) is 16.6 Å². The molecule has 0 bridgehead atoms. The van der Waals surface area contributed by atoms with Crippen LogP contribution in [0.1, 0.15) is 18.9 Å². The molecular formula is C13H16BrN2. The van der Waals surface area contributed by atoms with E-state index in [1.807, 2.05) is 6.07 Å². The van der Waals surface area contributed by atoms with Crippen molar-refractivity contribution in [3.05, 3.63) is 28.2 Å². The Bertz CT molecular complexity index is 446. The Morgan fingerprint density at radius 2 is 2.19 bits per heavy atom. The first kappa shape index (κ1) is 10.6. The summed E-state index contributed by atoms with van der Waals surface area (Å²) in [5.41, 5.74) is 3.05. The third-order valence-electron chi connectivity index (χ3n) is 4.23. The van der Waals surface area contributed by atoms with E-state index < -0.39 is 0 Å². The second kappa shape index (κ2) is 3.23. The molecule has 0 unspecified atom stereocenters. The summed E-state index contributed by atoms with van der Waals surface area (Å²) in [6.45, 7) is 3.56. The Kier molecular flexibility index (Phi) is 2.14. The van der Waals surface area contributed by atoms with Gasteiger partial charge in [-0.15, -0.1) is 0 Å².